The Morgan fingerprint density at radius 1 is 1.55 bits per heavy atom. The lowest BCUT2D eigenvalue weighted by Crippen LogP contribution is -2.14. The largest absolute Gasteiger partial charge is 0.311 e. The first kappa shape index (κ1) is 9.71. The average Bonchev–Trinajstić information content (AvgIpc) is 2.37. The van der Waals surface area contributed by atoms with Crippen molar-refractivity contribution in [1.29, 1.82) is 0 Å². The zero-order valence-corrected chi connectivity index (χ0v) is 9.93. The van der Waals surface area contributed by atoms with Crippen LogP contribution >= 0.6 is 43.2 Å². The minimum absolute atomic E-state index is 0.962. The molecule has 1 nitrogen and oxygen atoms in total. The van der Waals surface area contributed by atoms with E-state index in [1.165, 1.54) is 9.35 Å². The van der Waals surface area contributed by atoms with Crippen LogP contribution in [0.5, 0.6) is 0 Å². The Kier molecular flexibility index (Phi) is 4.67. The Bertz CT molecular complexity index is 212. The molecule has 0 fully saturated rings. The Balaban J connectivity index is 2.32. The van der Waals surface area contributed by atoms with Crippen molar-refractivity contribution < 1.29 is 0 Å². The molecule has 0 aliphatic heterocycles. The summed E-state index contributed by atoms with van der Waals surface area (Å²) in [4.78, 5) is 1.37. The molecule has 0 saturated carbocycles. The summed E-state index contributed by atoms with van der Waals surface area (Å²) >= 11 is 8.61. The molecule has 0 radical (unpaired) electrons. The summed E-state index contributed by atoms with van der Waals surface area (Å²) in [7, 11) is 0. The zero-order valence-electron chi connectivity index (χ0n) is 5.94. The van der Waals surface area contributed by atoms with Crippen molar-refractivity contribution in [3.05, 3.63) is 20.8 Å². The molecule has 1 N–H and O–H groups in total. The summed E-state index contributed by atoms with van der Waals surface area (Å²) in [6.45, 7) is 1.98. The fourth-order valence-electron chi connectivity index (χ4n) is 0.720. The van der Waals surface area contributed by atoms with Crippen LogP contribution in [-0.2, 0) is 6.54 Å². The van der Waals surface area contributed by atoms with Crippen LogP contribution in [0.15, 0.2) is 15.9 Å². The molecule has 0 atom stereocenters. The van der Waals surface area contributed by atoms with Gasteiger partial charge in [-0.3, -0.25) is 0 Å². The predicted octanol–water partition coefficient (Wildman–Crippen LogP) is 3.00. The van der Waals surface area contributed by atoms with Gasteiger partial charge in [-0.1, -0.05) is 15.9 Å². The molecule has 1 aromatic heterocycles. The zero-order chi connectivity index (χ0) is 8.10. The number of hydrogen-bond acceptors (Lipinski definition) is 2. The second-order valence-corrected chi connectivity index (χ2v) is 4.71. The number of thiophene rings is 1. The van der Waals surface area contributed by atoms with Gasteiger partial charge in [-0.15, -0.1) is 11.3 Å². The lowest BCUT2D eigenvalue weighted by Gasteiger charge is -1.99. The maximum absolute atomic E-state index is 3.48. The monoisotopic (exact) mass is 297 g/mol. The number of halogens is 2. The first-order valence-electron chi connectivity index (χ1n) is 3.33. The molecule has 62 valence electrons. The molecular weight excluding hydrogens is 290 g/mol. The molecule has 1 heterocycles. The predicted molar refractivity (Wildman–Crippen MR) is 57.5 cm³/mol. The Labute approximate surface area is 87.5 Å². The highest BCUT2D eigenvalue weighted by Gasteiger charge is 1.98. The molecule has 1 aromatic rings. The minimum atomic E-state index is 0.962. The molecule has 0 aromatic carbocycles. The van der Waals surface area contributed by atoms with E-state index < -0.39 is 0 Å². The molecule has 1 rings (SSSR count). The Hall–Kier alpha value is 0.620. The highest BCUT2D eigenvalue weighted by molar-refractivity contribution is 9.10. The van der Waals surface area contributed by atoms with Gasteiger partial charge in [0.25, 0.3) is 0 Å². The van der Waals surface area contributed by atoms with Crippen LogP contribution < -0.4 is 5.32 Å². The van der Waals surface area contributed by atoms with E-state index in [9.17, 15) is 0 Å². The van der Waals surface area contributed by atoms with E-state index in [2.05, 4.69) is 48.6 Å². The molecule has 4 heteroatoms. The summed E-state index contributed by atoms with van der Waals surface area (Å²) in [6.07, 6.45) is 0. The van der Waals surface area contributed by atoms with Gasteiger partial charge in [-0.2, -0.15) is 0 Å². The maximum atomic E-state index is 3.48. The van der Waals surface area contributed by atoms with E-state index in [4.69, 9.17) is 0 Å². The standard InChI is InChI=1S/C7H9Br2NS/c8-2-3-10-5-7-6(9)1-4-11-7/h1,4,10H,2-3,5H2. The van der Waals surface area contributed by atoms with Crippen LogP contribution in [0.2, 0.25) is 0 Å². The van der Waals surface area contributed by atoms with E-state index in [1.54, 1.807) is 11.3 Å². The Morgan fingerprint density at radius 2 is 2.36 bits per heavy atom. The molecule has 11 heavy (non-hydrogen) atoms. The summed E-state index contributed by atoms with van der Waals surface area (Å²) in [5.74, 6) is 0. The first-order valence-corrected chi connectivity index (χ1v) is 6.12. The summed E-state index contributed by atoms with van der Waals surface area (Å²) in [5.41, 5.74) is 0. The average molecular weight is 299 g/mol. The molecular formula is C7H9Br2NS. The van der Waals surface area contributed by atoms with E-state index in [1.807, 2.05) is 0 Å². The third-order valence-corrected chi connectivity index (χ3v) is 3.57. The lowest BCUT2D eigenvalue weighted by molar-refractivity contribution is 0.741. The van der Waals surface area contributed by atoms with Gasteiger partial charge >= 0.3 is 0 Å². The van der Waals surface area contributed by atoms with Crippen molar-refractivity contribution in [1.82, 2.24) is 5.32 Å². The normalized spacial score (nSPS) is 10.4. The van der Waals surface area contributed by atoms with Gasteiger partial charge in [0.05, 0.1) is 0 Å². The molecule has 0 spiro atoms. The van der Waals surface area contributed by atoms with Crippen LogP contribution in [0.25, 0.3) is 0 Å². The van der Waals surface area contributed by atoms with Crippen LogP contribution in [0.3, 0.4) is 0 Å². The summed E-state index contributed by atoms with van der Waals surface area (Å²) in [6, 6.07) is 2.08. The fraction of sp³-hybridized carbons (Fsp3) is 0.429. The van der Waals surface area contributed by atoms with Crippen molar-refractivity contribution in [2.45, 2.75) is 6.54 Å². The second kappa shape index (κ2) is 5.30. The van der Waals surface area contributed by atoms with Gasteiger partial charge in [0, 0.05) is 27.8 Å². The number of hydrogen-bond donors (Lipinski definition) is 1. The van der Waals surface area contributed by atoms with Crippen LogP contribution in [0.4, 0.5) is 0 Å². The van der Waals surface area contributed by atoms with E-state index >= 15 is 0 Å². The summed E-state index contributed by atoms with van der Waals surface area (Å²) < 4.78 is 1.21. The fourth-order valence-corrected chi connectivity index (χ4v) is 2.46. The first-order chi connectivity index (χ1) is 5.34. The molecule has 0 amide bonds. The number of nitrogens with one attached hydrogen (secondary N) is 1. The summed E-state index contributed by atoms with van der Waals surface area (Å²) in [5, 5.41) is 6.41. The SMILES string of the molecule is BrCCNCc1sccc1Br. The molecule has 0 saturated heterocycles. The smallest absolute Gasteiger partial charge is 0.0327 e. The van der Waals surface area contributed by atoms with Crippen molar-refractivity contribution in [2.75, 3.05) is 11.9 Å². The van der Waals surface area contributed by atoms with Gasteiger partial charge in [0.1, 0.15) is 0 Å². The van der Waals surface area contributed by atoms with Crippen LogP contribution in [0, 0.1) is 0 Å². The molecule has 0 aliphatic carbocycles. The highest BCUT2D eigenvalue weighted by atomic mass is 79.9. The van der Waals surface area contributed by atoms with Gasteiger partial charge in [0.15, 0.2) is 0 Å². The third kappa shape index (κ3) is 3.23. The molecule has 0 unspecified atom stereocenters. The van der Waals surface area contributed by atoms with E-state index in [0.29, 0.717) is 0 Å². The van der Waals surface area contributed by atoms with Crippen molar-refractivity contribution in [2.24, 2.45) is 0 Å². The molecule has 0 aliphatic rings. The topological polar surface area (TPSA) is 12.0 Å². The second-order valence-electron chi connectivity index (χ2n) is 2.06. The lowest BCUT2D eigenvalue weighted by atomic mass is 10.4. The van der Waals surface area contributed by atoms with Crippen LogP contribution in [-0.4, -0.2) is 11.9 Å². The van der Waals surface area contributed by atoms with Gasteiger partial charge in [-0.25, -0.2) is 0 Å². The minimum Gasteiger partial charge on any atom is -0.311 e. The Morgan fingerprint density at radius 3 is 2.91 bits per heavy atom. The van der Waals surface area contributed by atoms with Crippen molar-refractivity contribution in [3.8, 4) is 0 Å². The van der Waals surface area contributed by atoms with E-state index in [-0.39, 0.29) is 0 Å². The quantitative estimate of drug-likeness (QED) is 0.666. The third-order valence-electron chi connectivity index (χ3n) is 1.25. The number of alkyl halides is 1. The molecule has 0 bridgehead atoms. The van der Waals surface area contributed by atoms with E-state index in [0.717, 1.165) is 18.4 Å². The van der Waals surface area contributed by atoms with Crippen molar-refractivity contribution in [3.63, 3.8) is 0 Å². The van der Waals surface area contributed by atoms with Gasteiger partial charge in [0.2, 0.25) is 0 Å². The number of rotatable bonds is 4. The highest BCUT2D eigenvalue weighted by Crippen LogP contribution is 2.21. The van der Waals surface area contributed by atoms with Crippen LogP contribution in [0.1, 0.15) is 4.88 Å². The maximum Gasteiger partial charge on any atom is 0.0327 e. The van der Waals surface area contributed by atoms with Crippen molar-refractivity contribution >= 4 is 43.2 Å². The van der Waals surface area contributed by atoms with Gasteiger partial charge in [-0.05, 0) is 27.4 Å². The van der Waals surface area contributed by atoms with Gasteiger partial charge < -0.3 is 5.32 Å².